The van der Waals surface area contributed by atoms with Crippen LogP contribution in [0.4, 0.5) is 0 Å². The molecule has 0 aromatic heterocycles. The van der Waals surface area contributed by atoms with Gasteiger partial charge in [0.25, 0.3) is 33.7 Å². The van der Waals surface area contributed by atoms with Gasteiger partial charge in [0.2, 0.25) is 47.3 Å². The molecule has 4 aromatic carbocycles. The summed E-state index contributed by atoms with van der Waals surface area (Å²) in [7, 11) is 3.76. The maximum atomic E-state index is 12.7. The highest BCUT2D eigenvalue weighted by molar-refractivity contribution is 9.10. The van der Waals surface area contributed by atoms with Crippen LogP contribution in [0.3, 0.4) is 0 Å². The number of benzene rings is 4. The van der Waals surface area contributed by atoms with Gasteiger partial charge >= 0.3 is 0 Å². The molecule has 4 fully saturated rings. The van der Waals surface area contributed by atoms with Gasteiger partial charge in [0.15, 0.2) is 0 Å². The van der Waals surface area contributed by atoms with Crippen LogP contribution in [0.1, 0.15) is 191 Å². The predicted molar refractivity (Wildman–Crippen MR) is 483 cm³/mol. The van der Waals surface area contributed by atoms with Crippen molar-refractivity contribution in [2.24, 2.45) is 5.11 Å². The number of aliphatic hydroxyl groups is 2. The van der Waals surface area contributed by atoms with Crippen molar-refractivity contribution >= 4 is 240 Å². The van der Waals surface area contributed by atoms with Crippen molar-refractivity contribution in [3.05, 3.63) is 149 Å². The lowest BCUT2D eigenvalue weighted by atomic mass is 10.0. The van der Waals surface area contributed by atoms with E-state index in [0.29, 0.717) is 125 Å². The molecule has 6 N–H and O–H groups in total. The topological polar surface area (TPSA) is 399 Å². The van der Waals surface area contributed by atoms with Crippen molar-refractivity contribution in [2.45, 2.75) is 161 Å². The average Bonchev–Trinajstić information content (AvgIpc) is 1.65. The van der Waals surface area contributed by atoms with E-state index in [-0.39, 0.29) is 113 Å². The number of halogens is 1. The van der Waals surface area contributed by atoms with Crippen molar-refractivity contribution in [3.8, 4) is 47.9 Å². The molecule has 28 nitrogen and oxygen atoms in total. The van der Waals surface area contributed by atoms with Crippen molar-refractivity contribution < 1.29 is 80.3 Å². The Hall–Kier alpha value is -7.74. The molecule has 12 rings (SSSR count). The second-order valence-electron chi connectivity index (χ2n) is 24.7. The molecule has 0 saturated carbocycles. The van der Waals surface area contributed by atoms with E-state index in [0.717, 1.165) is 59.4 Å². The minimum atomic E-state index is -3.45. The molecule has 4 aromatic rings. The molecule has 0 spiro atoms. The first-order valence-electron chi connectivity index (χ1n) is 34.8. The van der Waals surface area contributed by atoms with Crippen molar-refractivity contribution in [2.75, 3.05) is 32.6 Å². The fourth-order valence-corrected chi connectivity index (χ4v) is 15.8. The van der Waals surface area contributed by atoms with Crippen LogP contribution >= 0.6 is 15.9 Å². The maximum Gasteiger partial charge on any atom is 0.264 e. The molecule has 118 heavy (non-hydrogen) atoms. The zero-order valence-corrected chi connectivity index (χ0v) is 75.8. The Morgan fingerprint density at radius 3 is 1.08 bits per heavy atom. The summed E-state index contributed by atoms with van der Waals surface area (Å²) in [5.41, 5.74) is 16.0. The summed E-state index contributed by atoms with van der Waals surface area (Å²) in [4.78, 5) is 152. The van der Waals surface area contributed by atoms with Crippen LogP contribution in [0.5, 0.6) is 0 Å². The van der Waals surface area contributed by atoms with Gasteiger partial charge in [0.1, 0.15) is 24.2 Å². The zero-order chi connectivity index (χ0) is 86.6. The van der Waals surface area contributed by atoms with E-state index in [1.165, 1.54) is 64.0 Å². The third-order valence-electron chi connectivity index (χ3n) is 17.3. The molecule has 628 valence electrons. The normalized spacial score (nSPS) is 17.1. The van der Waals surface area contributed by atoms with Crippen LogP contribution in [0.25, 0.3) is 10.4 Å². The van der Waals surface area contributed by atoms with Crippen LogP contribution in [-0.2, 0) is 222 Å². The van der Waals surface area contributed by atoms with Crippen molar-refractivity contribution in [1.29, 1.82) is 0 Å². The highest BCUT2D eigenvalue weighted by Crippen LogP contribution is 2.35. The smallest absolute Gasteiger partial charge is 0.264 e. The van der Waals surface area contributed by atoms with E-state index in [1.807, 2.05) is 18.2 Å². The lowest BCUT2D eigenvalue weighted by Gasteiger charge is -2.29. The monoisotopic (exact) mass is 1950 g/mol. The van der Waals surface area contributed by atoms with E-state index in [9.17, 15) is 66.0 Å². The predicted octanol–water partition coefficient (Wildman–Crippen LogP) is 5.22. The van der Waals surface area contributed by atoms with Gasteiger partial charge < -0.3 is 29.8 Å². The molecule has 0 bridgehead atoms. The maximum absolute atomic E-state index is 12.7. The SMILES string of the molecule is C.C#CCCCO.CS(=O)(=O)OCCCC#Cc1cccc2c1CN(C1CCC(=O)NC1=O)C2=O.O=C1CCC(N2Cc3c(Br)cccc3C2=O)C(=O)N1.O=C1CCC(N2Cc3c(C#CCCCO)cccc3C2=O)C(=O)N1.S=S.S=S=S.S=S=S=S.S=S=S=S=S.[N-]=[N+]=NCCCC#Cc1cccc2c1CN(C1CCC(=O)NC1=O)C2=O. The number of carbonyl (C=O) groups is 12. The van der Waals surface area contributed by atoms with Crippen molar-refractivity contribution in [3.63, 3.8) is 0 Å². The molecular weight excluding hydrogens is 1880 g/mol. The summed E-state index contributed by atoms with van der Waals surface area (Å²) in [6.45, 7) is 2.09. The highest BCUT2D eigenvalue weighted by Gasteiger charge is 2.44. The third-order valence-corrected chi connectivity index (χ3v) is 25.3. The van der Waals surface area contributed by atoms with Crippen LogP contribution < -0.4 is 21.3 Å². The number of nitrogens with one attached hydrogen (secondary N) is 4. The highest BCUT2D eigenvalue weighted by atomic mass is 79.9. The zero-order valence-electron chi connectivity index (χ0n) is 61.9. The minimum Gasteiger partial charge on any atom is -0.396 e. The summed E-state index contributed by atoms with van der Waals surface area (Å²) in [5.74, 6) is 16.9. The first-order valence-corrected chi connectivity index (χ1v) is 50.8. The number of rotatable bonds is 15. The first kappa shape index (κ1) is 104. The van der Waals surface area contributed by atoms with Crippen LogP contribution in [0.2, 0.25) is 0 Å². The average molecular weight is 1950 g/mol. The molecule has 12 amide bonds. The van der Waals surface area contributed by atoms with Crippen LogP contribution in [0, 0.1) is 47.9 Å². The number of aliphatic hydroxyl groups excluding tert-OH is 2. The van der Waals surface area contributed by atoms with Gasteiger partial charge in [0.05, 0.1) is 12.9 Å². The Morgan fingerprint density at radius 1 is 0.508 bits per heavy atom. The van der Waals surface area contributed by atoms with Gasteiger partial charge in [-0.3, -0.25) is 83.0 Å². The molecule has 4 atom stereocenters. The molecule has 8 aliphatic rings. The van der Waals surface area contributed by atoms with E-state index < -0.39 is 52.0 Å². The number of amides is 12. The lowest BCUT2D eigenvalue weighted by molar-refractivity contribution is -0.138. The van der Waals surface area contributed by atoms with E-state index in [2.05, 4.69) is 182 Å². The molecule has 8 aliphatic heterocycles. The van der Waals surface area contributed by atoms with Gasteiger partial charge in [-0.1, -0.05) is 88.3 Å². The fraction of sp³-hybridized carbons (Fsp3) is 0.405. The van der Waals surface area contributed by atoms with Crippen LogP contribution in [0.15, 0.2) is 82.4 Å². The number of carbonyl (C=O) groups excluding carboxylic acids is 12. The Labute approximate surface area is 748 Å². The second kappa shape index (κ2) is 56.7. The Morgan fingerprint density at radius 2 is 0.814 bits per heavy atom. The Balaban J connectivity index is 0.000000378. The fourth-order valence-electron chi connectivity index (χ4n) is 12.1. The van der Waals surface area contributed by atoms with Crippen molar-refractivity contribution in [1.82, 2.24) is 40.9 Å². The van der Waals surface area contributed by atoms with Crippen LogP contribution in [-0.4, -0.2) is 166 Å². The molecule has 44 heteroatoms. The summed E-state index contributed by atoms with van der Waals surface area (Å²) in [5, 5.41) is 29.5. The molecule has 0 radical (unpaired) electrons. The van der Waals surface area contributed by atoms with Gasteiger partial charge in [-0.15, -0.1) is 12.3 Å². The molecule has 4 saturated heterocycles. The van der Waals surface area contributed by atoms with Gasteiger partial charge in [-0.2, -0.15) is 8.42 Å². The number of terminal acetylenes is 1. The number of unbranched alkanes of at least 4 members (excludes halogenated alkanes) is 4. The number of hydrogen-bond acceptors (Lipinski definition) is 26. The Bertz CT molecular complexity index is 5120. The van der Waals surface area contributed by atoms with Gasteiger partial charge in [-0.25, -0.2) is 0 Å². The number of piperidine rings is 4. The minimum absolute atomic E-state index is 0. The van der Waals surface area contributed by atoms with Gasteiger partial charge in [0, 0.05) is 288 Å². The third kappa shape index (κ3) is 33.0. The first-order chi connectivity index (χ1) is 56.2. The molecular formula is C74H78BrN11O17S15. The molecule has 0 aliphatic carbocycles. The largest absolute Gasteiger partial charge is 0.396 e. The number of imide groups is 4. The molecule has 4 unspecified atom stereocenters. The quantitative estimate of drug-likeness (QED) is 0.0169. The van der Waals surface area contributed by atoms with Gasteiger partial charge in [-0.05, 0) is 128 Å². The lowest BCUT2D eigenvalue weighted by Crippen LogP contribution is -2.52. The molecule has 8 heterocycles. The number of hydrogen-bond donors (Lipinski definition) is 6. The Kier molecular flexibility index (Phi) is 50.2. The number of azide groups is 1. The standard InChI is InChI=1S/C19H20N2O6S.C18H17N5O3.C18H18N2O4.C13H11BrN2O3.C5H8O.CH4.S5.S4.S3.S2/c1-28(25,26)27-11-4-2-3-6-13-7-5-8-14-15(13)12-21(19(14)24)16-9-10-17(22)20-18(16)23;19-22-20-10-3-1-2-5-12-6-4-7-13-14(12)11-23(18(13)26)15-8-9-16(24)21-17(15)25;21-10-3-1-2-5-12-6-4-7-13-14(12)11-20(18(13)24)15-8-9-16(22)19-17(15)23;14-9-3-1-2-7-8(9)6-16(13(7)19)10-4-5-11(17)15-12(10)18;1-2-3-4-5-6;;1-3-5-4-2;1-3-4-2;1-3-2;1-2/h5,7-8,16H,2,4,9-12H2,1H3,(H,20,22,23);4,6-7,15H,1,3,8-11H2,(H,21,24,25);4,6-7,15,21H,1,3,8-11H2,(H,19,22,23);1-3,10H,4-6H2,(H,15,17,18);1,6H,3-5H2;1H4;;;;. The second-order valence-corrected chi connectivity index (χ2v) is 37.8. The van der Waals surface area contributed by atoms with E-state index >= 15 is 0 Å². The summed E-state index contributed by atoms with van der Waals surface area (Å²) in [6.07, 6.45) is 13.0. The van der Waals surface area contributed by atoms with E-state index in [1.54, 1.807) is 54.6 Å². The summed E-state index contributed by atoms with van der Waals surface area (Å²) in [6, 6.07) is 19.0. The van der Waals surface area contributed by atoms with E-state index in [4.69, 9.17) is 22.2 Å². The summed E-state index contributed by atoms with van der Waals surface area (Å²) < 4.78 is 27.3. The number of nitrogens with zero attached hydrogens (tertiary/aromatic N) is 7. The summed E-state index contributed by atoms with van der Waals surface area (Å²) >= 11 is 36.5. The number of fused-ring (bicyclic) bond motifs is 4.